The number of allylic oxidation sites excluding steroid dienone is 1. The van der Waals surface area contributed by atoms with E-state index >= 15 is 0 Å². The maximum Gasteiger partial charge on any atom is 0.0986 e. The molecule has 2 aromatic rings. The quantitative estimate of drug-likeness (QED) is 0.627. The molecule has 0 aromatic heterocycles. The minimum atomic E-state index is -0.634. The number of aliphatic hydroxyl groups excluding tert-OH is 1. The van der Waals surface area contributed by atoms with E-state index in [1.807, 2.05) is 68.5 Å². The van der Waals surface area contributed by atoms with E-state index in [1.54, 1.807) is 0 Å². The normalized spacial score (nSPS) is 11.2. The van der Waals surface area contributed by atoms with Crippen molar-refractivity contribution in [3.63, 3.8) is 0 Å². The summed E-state index contributed by atoms with van der Waals surface area (Å²) in [6.07, 6.45) is 1.19. The molecule has 21 heavy (non-hydrogen) atoms. The van der Waals surface area contributed by atoms with Gasteiger partial charge in [-0.15, -0.1) is 0 Å². The minimum absolute atomic E-state index is 0.634. The lowest BCUT2D eigenvalue weighted by Gasteiger charge is -2.09. The van der Waals surface area contributed by atoms with Crippen LogP contribution in [0.15, 0.2) is 60.2 Å². The van der Waals surface area contributed by atoms with E-state index in [0.29, 0.717) is 5.02 Å². The second-order valence-corrected chi connectivity index (χ2v) is 5.47. The van der Waals surface area contributed by atoms with Crippen LogP contribution >= 0.6 is 11.6 Å². The molecule has 2 rings (SSSR count). The number of rotatable bonds is 2. The monoisotopic (exact) mass is 296 g/mol. The van der Waals surface area contributed by atoms with Crippen LogP contribution in [0.5, 0.6) is 0 Å². The van der Waals surface area contributed by atoms with Gasteiger partial charge in [0.05, 0.1) is 6.10 Å². The van der Waals surface area contributed by atoms with Crippen LogP contribution in [0.25, 0.3) is 0 Å². The lowest BCUT2D eigenvalue weighted by Crippen LogP contribution is -1.97. The van der Waals surface area contributed by atoms with Crippen LogP contribution in [0, 0.1) is 11.8 Å². The molecule has 0 amide bonds. The molecule has 0 aliphatic carbocycles. The highest BCUT2D eigenvalue weighted by Crippen LogP contribution is 2.20. The Bertz CT molecular complexity index is 698. The Morgan fingerprint density at radius 1 is 1.05 bits per heavy atom. The molecular formula is C19H17ClO. The van der Waals surface area contributed by atoms with Crippen molar-refractivity contribution >= 4 is 11.6 Å². The number of benzene rings is 2. The molecule has 106 valence electrons. The zero-order valence-corrected chi connectivity index (χ0v) is 12.9. The number of hydrogen-bond donors (Lipinski definition) is 1. The van der Waals surface area contributed by atoms with Gasteiger partial charge in [0.2, 0.25) is 0 Å². The van der Waals surface area contributed by atoms with Gasteiger partial charge < -0.3 is 5.11 Å². The topological polar surface area (TPSA) is 20.2 Å². The van der Waals surface area contributed by atoms with Gasteiger partial charge in [-0.1, -0.05) is 53.3 Å². The van der Waals surface area contributed by atoms with Crippen LogP contribution in [0.3, 0.4) is 0 Å². The Morgan fingerprint density at radius 2 is 1.71 bits per heavy atom. The first-order valence-corrected chi connectivity index (χ1v) is 7.13. The number of aliphatic hydroxyl groups is 1. The van der Waals surface area contributed by atoms with Gasteiger partial charge in [-0.2, -0.15) is 0 Å². The predicted molar refractivity (Wildman–Crippen MR) is 88.3 cm³/mol. The third kappa shape index (κ3) is 4.49. The van der Waals surface area contributed by atoms with Crippen molar-refractivity contribution in [1.29, 1.82) is 0 Å². The predicted octanol–water partition coefficient (Wildman–Crippen LogP) is 4.74. The molecule has 0 heterocycles. The van der Waals surface area contributed by atoms with Crippen molar-refractivity contribution in [1.82, 2.24) is 0 Å². The molecule has 1 unspecified atom stereocenters. The molecule has 2 heteroatoms. The Kier molecular flexibility index (Phi) is 5.22. The van der Waals surface area contributed by atoms with Crippen LogP contribution < -0.4 is 0 Å². The summed E-state index contributed by atoms with van der Waals surface area (Å²) in [5, 5.41) is 10.9. The van der Waals surface area contributed by atoms with Crippen LogP contribution in [0.4, 0.5) is 0 Å². The third-order valence-electron chi connectivity index (χ3n) is 2.96. The highest BCUT2D eigenvalue weighted by atomic mass is 35.5. The maximum atomic E-state index is 10.2. The Balaban J connectivity index is 2.33. The largest absolute Gasteiger partial charge is 0.384 e. The molecular weight excluding hydrogens is 280 g/mol. The Morgan fingerprint density at radius 3 is 2.38 bits per heavy atom. The van der Waals surface area contributed by atoms with Crippen molar-refractivity contribution < 1.29 is 5.11 Å². The van der Waals surface area contributed by atoms with Gasteiger partial charge in [0, 0.05) is 16.1 Å². The molecule has 0 saturated carbocycles. The lowest BCUT2D eigenvalue weighted by molar-refractivity contribution is 0.227. The van der Waals surface area contributed by atoms with E-state index in [0.717, 1.165) is 22.3 Å². The molecule has 1 atom stereocenters. The molecule has 2 aromatic carbocycles. The van der Waals surface area contributed by atoms with E-state index < -0.39 is 6.10 Å². The first-order chi connectivity index (χ1) is 10.1. The average molecular weight is 297 g/mol. The second kappa shape index (κ2) is 7.13. The van der Waals surface area contributed by atoms with Crippen LogP contribution in [-0.4, -0.2) is 5.11 Å². The van der Waals surface area contributed by atoms with Gasteiger partial charge in [0.1, 0.15) is 0 Å². The summed E-state index contributed by atoms with van der Waals surface area (Å²) in [6.45, 7) is 3.93. The molecule has 0 bridgehead atoms. The summed E-state index contributed by atoms with van der Waals surface area (Å²) >= 11 is 5.86. The molecule has 0 saturated heterocycles. The van der Waals surface area contributed by atoms with Crippen LogP contribution in [-0.2, 0) is 0 Å². The van der Waals surface area contributed by atoms with Crippen LogP contribution in [0.1, 0.15) is 36.6 Å². The van der Waals surface area contributed by atoms with Crippen molar-refractivity contribution in [2.45, 2.75) is 20.0 Å². The second-order valence-electron chi connectivity index (χ2n) is 5.03. The van der Waals surface area contributed by atoms with Gasteiger partial charge in [0.25, 0.3) is 0 Å². The Hall–Kier alpha value is -2.01. The maximum absolute atomic E-state index is 10.2. The fourth-order valence-corrected chi connectivity index (χ4v) is 2.07. The minimum Gasteiger partial charge on any atom is -0.384 e. The summed E-state index contributed by atoms with van der Waals surface area (Å²) in [7, 11) is 0. The average Bonchev–Trinajstić information content (AvgIpc) is 2.46. The molecule has 0 aliphatic heterocycles. The van der Waals surface area contributed by atoms with Gasteiger partial charge >= 0.3 is 0 Å². The van der Waals surface area contributed by atoms with Crippen molar-refractivity contribution in [2.24, 2.45) is 0 Å². The first-order valence-electron chi connectivity index (χ1n) is 6.76. The highest BCUT2D eigenvalue weighted by Gasteiger charge is 2.07. The van der Waals surface area contributed by atoms with Gasteiger partial charge in [0.15, 0.2) is 0 Å². The summed E-state index contributed by atoms with van der Waals surface area (Å²) in [5.74, 6) is 6.22. The molecule has 1 nitrogen and oxygen atoms in total. The third-order valence-corrected chi connectivity index (χ3v) is 3.21. The van der Waals surface area contributed by atoms with E-state index in [9.17, 15) is 5.11 Å². The summed E-state index contributed by atoms with van der Waals surface area (Å²) < 4.78 is 0. The molecule has 0 aliphatic rings. The highest BCUT2D eigenvalue weighted by molar-refractivity contribution is 6.30. The standard InChI is InChI=1S/C19H17ClO/c1-14(2)13-19(21)18-6-4-3-5-16(18)10-7-15-8-11-17(20)12-9-15/h3-6,8-9,11-13,19,21H,1-2H3. The van der Waals surface area contributed by atoms with Crippen molar-refractivity contribution in [2.75, 3.05) is 0 Å². The molecule has 0 spiro atoms. The van der Waals surface area contributed by atoms with Gasteiger partial charge in [-0.05, 0) is 49.7 Å². The van der Waals surface area contributed by atoms with E-state index in [1.165, 1.54) is 0 Å². The lowest BCUT2D eigenvalue weighted by atomic mass is 10.0. The molecule has 0 radical (unpaired) electrons. The van der Waals surface area contributed by atoms with E-state index in [4.69, 9.17) is 11.6 Å². The zero-order valence-electron chi connectivity index (χ0n) is 12.1. The summed E-state index contributed by atoms with van der Waals surface area (Å²) in [4.78, 5) is 0. The zero-order chi connectivity index (χ0) is 15.2. The fraction of sp³-hybridized carbons (Fsp3) is 0.158. The first kappa shape index (κ1) is 15.4. The number of halogens is 1. The summed E-state index contributed by atoms with van der Waals surface area (Å²) in [5.41, 5.74) is 3.62. The van der Waals surface area contributed by atoms with Crippen LogP contribution in [0.2, 0.25) is 5.02 Å². The number of hydrogen-bond acceptors (Lipinski definition) is 1. The van der Waals surface area contributed by atoms with E-state index in [2.05, 4.69) is 11.8 Å². The van der Waals surface area contributed by atoms with Gasteiger partial charge in [-0.25, -0.2) is 0 Å². The summed E-state index contributed by atoms with van der Waals surface area (Å²) in [6, 6.07) is 15.0. The molecule has 0 fully saturated rings. The van der Waals surface area contributed by atoms with E-state index in [-0.39, 0.29) is 0 Å². The fourth-order valence-electron chi connectivity index (χ4n) is 1.95. The smallest absolute Gasteiger partial charge is 0.0986 e. The molecule has 1 N–H and O–H groups in total. The SMILES string of the molecule is CC(C)=CC(O)c1ccccc1C#Cc1ccc(Cl)cc1. The Labute approximate surface area is 130 Å². The van der Waals surface area contributed by atoms with Gasteiger partial charge in [-0.3, -0.25) is 0 Å². The van der Waals surface area contributed by atoms with Crippen molar-refractivity contribution in [3.8, 4) is 11.8 Å². The van der Waals surface area contributed by atoms with Crippen molar-refractivity contribution in [3.05, 3.63) is 81.9 Å².